The average molecular weight is 395 g/mol. The van der Waals surface area contributed by atoms with Gasteiger partial charge in [-0.15, -0.1) is 0 Å². The van der Waals surface area contributed by atoms with E-state index in [9.17, 15) is 10.1 Å². The highest BCUT2D eigenvalue weighted by Gasteiger charge is 2.19. The van der Waals surface area contributed by atoms with Gasteiger partial charge in [0.05, 0.1) is 4.92 Å². The van der Waals surface area contributed by atoms with Gasteiger partial charge in [0, 0.05) is 19.6 Å². The highest BCUT2D eigenvalue weighted by Crippen LogP contribution is 2.21. The number of rotatable bonds is 10. The molecule has 1 aliphatic heterocycles. The van der Waals surface area contributed by atoms with Crippen LogP contribution in [0.3, 0.4) is 0 Å². The van der Waals surface area contributed by atoms with Crippen molar-refractivity contribution >= 4 is 0 Å². The van der Waals surface area contributed by atoms with Crippen LogP contribution in [0.4, 0.5) is 0 Å². The molecule has 2 aromatic carbocycles. The highest BCUT2D eigenvalue weighted by molar-refractivity contribution is 5.15. The molecule has 2 N–H and O–H groups in total. The van der Waals surface area contributed by atoms with Gasteiger partial charge in [-0.25, -0.2) is 0 Å². The molecule has 1 fully saturated rings. The van der Waals surface area contributed by atoms with Crippen molar-refractivity contribution in [2.24, 2.45) is 5.92 Å². The standard InChI is InChI=1S/C23H30N4O2/c28-27(29)19-23(25-17-21-7-3-1-4-8-21)24-14-11-20-12-15-26(16-13-20)18-22-9-5-2-6-10-22/h1-10,19-20,24-25H,11-18H2/b23-19+. The second-order valence-electron chi connectivity index (χ2n) is 7.59. The van der Waals surface area contributed by atoms with Gasteiger partial charge < -0.3 is 10.6 Å². The fraction of sp³-hybridized carbons (Fsp3) is 0.391. The van der Waals surface area contributed by atoms with Crippen LogP contribution in [0, 0.1) is 16.0 Å². The largest absolute Gasteiger partial charge is 0.367 e. The van der Waals surface area contributed by atoms with Crippen molar-refractivity contribution in [2.75, 3.05) is 19.6 Å². The van der Waals surface area contributed by atoms with Crippen molar-refractivity contribution < 1.29 is 4.92 Å². The Balaban J connectivity index is 1.38. The predicted octanol–water partition coefficient (Wildman–Crippen LogP) is 3.74. The first-order valence-corrected chi connectivity index (χ1v) is 10.3. The normalized spacial score (nSPS) is 15.8. The number of hydrogen-bond donors (Lipinski definition) is 2. The van der Waals surface area contributed by atoms with Crippen LogP contribution < -0.4 is 10.6 Å². The monoisotopic (exact) mass is 394 g/mol. The van der Waals surface area contributed by atoms with Crippen LogP contribution in [0.5, 0.6) is 0 Å². The Morgan fingerprint density at radius 3 is 2.24 bits per heavy atom. The third kappa shape index (κ3) is 7.58. The first-order valence-electron chi connectivity index (χ1n) is 10.3. The maximum absolute atomic E-state index is 10.9. The number of piperidine rings is 1. The van der Waals surface area contributed by atoms with Gasteiger partial charge in [0.25, 0.3) is 6.20 Å². The topological polar surface area (TPSA) is 70.4 Å². The number of nitro groups is 1. The molecule has 0 aromatic heterocycles. The summed E-state index contributed by atoms with van der Waals surface area (Å²) in [5, 5.41) is 17.3. The molecule has 29 heavy (non-hydrogen) atoms. The summed E-state index contributed by atoms with van der Waals surface area (Å²) < 4.78 is 0. The molecule has 1 aliphatic rings. The summed E-state index contributed by atoms with van der Waals surface area (Å²) >= 11 is 0. The van der Waals surface area contributed by atoms with Gasteiger partial charge in [-0.1, -0.05) is 60.7 Å². The molecule has 1 saturated heterocycles. The molecule has 6 nitrogen and oxygen atoms in total. The van der Waals surface area contributed by atoms with Crippen LogP contribution in [-0.2, 0) is 13.1 Å². The zero-order valence-corrected chi connectivity index (χ0v) is 16.8. The van der Waals surface area contributed by atoms with Crippen molar-refractivity contribution in [2.45, 2.75) is 32.4 Å². The van der Waals surface area contributed by atoms with Crippen LogP contribution in [0.2, 0.25) is 0 Å². The number of likely N-dealkylation sites (tertiary alicyclic amines) is 1. The van der Waals surface area contributed by atoms with Crippen molar-refractivity contribution in [3.63, 3.8) is 0 Å². The summed E-state index contributed by atoms with van der Waals surface area (Å²) in [4.78, 5) is 13.0. The Morgan fingerprint density at radius 2 is 1.62 bits per heavy atom. The Hall–Kier alpha value is -2.86. The number of benzene rings is 2. The number of nitrogens with zero attached hydrogens (tertiary/aromatic N) is 2. The maximum atomic E-state index is 10.9. The van der Waals surface area contributed by atoms with E-state index in [1.54, 1.807) is 0 Å². The number of hydrogen-bond acceptors (Lipinski definition) is 5. The Morgan fingerprint density at radius 1 is 1.00 bits per heavy atom. The molecule has 0 bridgehead atoms. The molecule has 0 radical (unpaired) electrons. The van der Waals surface area contributed by atoms with Crippen molar-refractivity contribution in [1.82, 2.24) is 15.5 Å². The minimum atomic E-state index is -0.414. The molecule has 6 heteroatoms. The van der Waals surface area contributed by atoms with E-state index in [-0.39, 0.29) is 0 Å². The van der Waals surface area contributed by atoms with Crippen LogP contribution >= 0.6 is 0 Å². The predicted molar refractivity (Wildman–Crippen MR) is 115 cm³/mol. The summed E-state index contributed by atoms with van der Waals surface area (Å²) in [5.74, 6) is 1.14. The molecule has 3 rings (SSSR count). The van der Waals surface area contributed by atoms with Crippen LogP contribution in [-0.4, -0.2) is 29.5 Å². The van der Waals surface area contributed by atoms with Crippen molar-refractivity contribution in [3.05, 3.63) is 93.9 Å². The second kappa shape index (κ2) is 11.2. The summed E-state index contributed by atoms with van der Waals surface area (Å²) in [7, 11) is 0. The minimum Gasteiger partial charge on any atom is -0.367 e. The Labute approximate surface area is 172 Å². The van der Waals surface area contributed by atoms with E-state index in [4.69, 9.17) is 0 Å². The maximum Gasteiger partial charge on any atom is 0.274 e. The molecule has 1 heterocycles. The first-order chi connectivity index (χ1) is 14.2. The average Bonchev–Trinajstić information content (AvgIpc) is 2.74. The summed E-state index contributed by atoms with van der Waals surface area (Å²) in [5.41, 5.74) is 2.46. The molecule has 2 aromatic rings. The first kappa shape index (κ1) is 20.9. The number of nitrogens with one attached hydrogen (secondary N) is 2. The third-order valence-electron chi connectivity index (χ3n) is 5.38. The van der Waals surface area contributed by atoms with E-state index in [1.165, 1.54) is 18.4 Å². The lowest BCUT2D eigenvalue weighted by molar-refractivity contribution is -0.404. The van der Waals surface area contributed by atoms with E-state index < -0.39 is 4.92 Å². The summed E-state index contributed by atoms with van der Waals surface area (Å²) in [6, 6.07) is 20.5. The van der Waals surface area contributed by atoms with E-state index in [0.717, 1.165) is 44.4 Å². The van der Waals surface area contributed by atoms with Gasteiger partial charge in [-0.05, 0) is 49.4 Å². The SMILES string of the molecule is O=[N+]([O-])/C=C(\NCCC1CCN(Cc2ccccc2)CC1)NCc1ccccc1. The molecule has 0 unspecified atom stereocenters. The van der Waals surface area contributed by atoms with Crippen molar-refractivity contribution in [3.8, 4) is 0 Å². The zero-order chi connectivity index (χ0) is 20.3. The zero-order valence-electron chi connectivity index (χ0n) is 16.8. The van der Waals surface area contributed by atoms with Gasteiger partial charge in [-0.3, -0.25) is 15.0 Å². The smallest absolute Gasteiger partial charge is 0.274 e. The van der Waals surface area contributed by atoms with Crippen molar-refractivity contribution in [1.29, 1.82) is 0 Å². The van der Waals surface area contributed by atoms with Gasteiger partial charge >= 0.3 is 0 Å². The van der Waals surface area contributed by atoms with Gasteiger partial charge in [0.1, 0.15) is 0 Å². The molecule has 0 aliphatic carbocycles. The van der Waals surface area contributed by atoms with E-state index >= 15 is 0 Å². The highest BCUT2D eigenvalue weighted by atomic mass is 16.6. The summed E-state index contributed by atoms with van der Waals surface area (Å²) in [6.45, 7) is 4.55. The van der Waals surface area contributed by atoms with Crippen LogP contribution in [0.1, 0.15) is 30.4 Å². The van der Waals surface area contributed by atoms with E-state index in [0.29, 0.717) is 18.3 Å². The molecular formula is C23H30N4O2. The molecule has 154 valence electrons. The molecule has 0 atom stereocenters. The second-order valence-corrected chi connectivity index (χ2v) is 7.59. The molecule has 0 amide bonds. The van der Waals surface area contributed by atoms with Crippen LogP contribution in [0.15, 0.2) is 72.7 Å². The molecule has 0 spiro atoms. The Kier molecular flexibility index (Phi) is 8.07. The van der Waals surface area contributed by atoms with Gasteiger partial charge in [-0.2, -0.15) is 0 Å². The van der Waals surface area contributed by atoms with Gasteiger partial charge in [0.2, 0.25) is 0 Å². The quantitative estimate of drug-likeness (QED) is 0.474. The molecular weight excluding hydrogens is 364 g/mol. The summed E-state index contributed by atoms with van der Waals surface area (Å²) in [6.07, 6.45) is 4.41. The van der Waals surface area contributed by atoms with Crippen LogP contribution in [0.25, 0.3) is 0 Å². The lowest BCUT2D eigenvalue weighted by Gasteiger charge is -2.32. The lowest BCUT2D eigenvalue weighted by Crippen LogP contribution is -2.35. The fourth-order valence-corrected chi connectivity index (χ4v) is 3.74. The Bertz CT molecular complexity index is 772. The minimum absolute atomic E-state index is 0.414. The van der Waals surface area contributed by atoms with Gasteiger partial charge in [0.15, 0.2) is 5.82 Å². The molecule has 0 saturated carbocycles. The van der Waals surface area contributed by atoms with E-state index in [2.05, 4.69) is 45.9 Å². The lowest BCUT2D eigenvalue weighted by atomic mass is 9.93. The third-order valence-corrected chi connectivity index (χ3v) is 5.38. The van der Waals surface area contributed by atoms with E-state index in [1.807, 2.05) is 30.3 Å². The fourth-order valence-electron chi connectivity index (χ4n) is 3.74.